The molecule has 0 bridgehead atoms. The van der Waals surface area contributed by atoms with Crippen LogP contribution in [0.25, 0.3) is 0 Å². The molecule has 2 amide bonds. The van der Waals surface area contributed by atoms with E-state index >= 15 is 0 Å². The Balaban J connectivity index is 2.69. The number of aliphatic hydroxyl groups is 1. The van der Waals surface area contributed by atoms with Crippen molar-refractivity contribution < 1.29 is 19.1 Å². The predicted molar refractivity (Wildman–Crippen MR) is 86.3 cm³/mol. The Morgan fingerprint density at radius 2 is 1.65 bits per heavy atom. The number of benzene rings is 1. The van der Waals surface area contributed by atoms with E-state index in [1.165, 1.54) is 24.3 Å². The molecule has 0 fully saturated rings. The fourth-order valence-electron chi connectivity index (χ4n) is 1.91. The van der Waals surface area contributed by atoms with Crippen LogP contribution in [0.5, 0.6) is 0 Å². The van der Waals surface area contributed by atoms with Gasteiger partial charge in [0.15, 0.2) is 0 Å². The molecule has 3 N–H and O–H groups in total. The number of aliphatic hydroxyl groups excluding tert-OH is 1. The summed E-state index contributed by atoms with van der Waals surface area (Å²) >= 11 is 0. The Kier molecular flexibility index (Phi) is 7.16. The molecule has 0 aliphatic rings. The normalized spacial score (nSPS) is 13.7. The zero-order chi connectivity index (χ0) is 17.6. The minimum Gasteiger partial charge on any atom is -0.391 e. The third-order valence-electron chi connectivity index (χ3n) is 3.60. The van der Waals surface area contributed by atoms with Gasteiger partial charge in [-0.25, -0.2) is 4.39 Å². The predicted octanol–water partition coefficient (Wildman–Crippen LogP) is 1.71. The van der Waals surface area contributed by atoms with E-state index in [0.717, 1.165) is 0 Å². The van der Waals surface area contributed by atoms with E-state index in [1.54, 1.807) is 0 Å². The van der Waals surface area contributed by atoms with Crippen LogP contribution in [0.2, 0.25) is 0 Å². The summed E-state index contributed by atoms with van der Waals surface area (Å²) < 4.78 is 12.9. The van der Waals surface area contributed by atoms with Gasteiger partial charge in [-0.3, -0.25) is 9.59 Å². The van der Waals surface area contributed by atoms with Crippen molar-refractivity contribution in [3.63, 3.8) is 0 Å². The van der Waals surface area contributed by atoms with Crippen LogP contribution in [0.1, 0.15) is 38.1 Å². The van der Waals surface area contributed by atoms with Crippen molar-refractivity contribution in [1.82, 2.24) is 10.6 Å². The first-order valence-corrected chi connectivity index (χ1v) is 7.74. The van der Waals surface area contributed by atoms with Gasteiger partial charge in [0.2, 0.25) is 5.91 Å². The lowest BCUT2D eigenvalue weighted by molar-refractivity contribution is -0.124. The summed E-state index contributed by atoms with van der Waals surface area (Å²) in [5.41, 5.74) is 0.284. The minimum atomic E-state index is -0.730. The third-order valence-corrected chi connectivity index (χ3v) is 3.60. The van der Waals surface area contributed by atoms with Crippen molar-refractivity contribution in [2.45, 2.75) is 39.8 Å². The molecular formula is C17H25FN2O3. The number of amides is 2. The molecule has 1 rings (SSSR count). The molecule has 2 atom stereocenters. The largest absolute Gasteiger partial charge is 0.391 e. The van der Waals surface area contributed by atoms with E-state index in [4.69, 9.17) is 0 Å². The summed E-state index contributed by atoms with van der Waals surface area (Å²) in [6.45, 7) is 7.47. The second kappa shape index (κ2) is 8.62. The van der Waals surface area contributed by atoms with Gasteiger partial charge in [0.1, 0.15) is 11.9 Å². The van der Waals surface area contributed by atoms with Crippen molar-refractivity contribution >= 4 is 11.8 Å². The monoisotopic (exact) mass is 324 g/mol. The molecule has 0 saturated heterocycles. The fourth-order valence-corrected chi connectivity index (χ4v) is 1.91. The number of halogens is 1. The number of hydrogen-bond acceptors (Lipinski definition) is 3. The first kappa shape index (κ1) is 19.1. The molecule has 0 radical (unpaired) electrons. The molecule has 2 unspecified atom stereocenters. The van der Waals surface area contributed by atoms with E-state index in [0.29, 0.717) is 0 Å². The highest BCUT2D eigenvalue weighted by Gasteiger charge is 2.25. The SMILES string of the molecule is CC(C)C(O)CNC(=O)C(NC(=O)c1ccc(F)cc1)C(C)C. The summed E-state index contributed by atoms with van der Waals surface area (Å²) in [5.74, 6) is -1.32. The maximum Gasteiger partial charge on any atom is 0.251 e. The molecule has 23 heavy (non-hydrogen) atoms. The molecule has 1 aromatic carbocycles. The zero-order valence-corrected chi connectivity index (χ0v) is 14.0. The summed E-state index contributed by atoms with van der Waals surface area (Å²) in [7, 11) is 0. The molecule has 0 aliphatic carbocycles. The number of carbonyl (C=O) groups is 2. The Morgan fingerprint density at radius 3 is 2.13 bits per heavy atom. The maximum absolute atomic E-state index is 12.9. The molecular weight excluding hydrogens is 299 g/mol. The van der Waals surface area contributed by atoms with Crippen molar-refractivity contribution in [2.75, 3.05) is 6.54 Å². The molecule has 0 saturated carbocycles. The van der Waals surface area contributed by atoms with Crippen molar-refractivity contribution in [1.29, 1.82) is 0 Å². The second-order valence-electron chi connectivity index (χ2n) is 6.26. The van der Waals surface area contributed by atoms with Crippen molar-refractivity contribution in [3.05, 3.63) is 35.6 Å². The Morgan fingerprint density at radius 1 is 1.09 bits per heavy atom. The maximum atomic E-state index is 12.9. The van der Waals surface area contributed by atoms with Gasteiger partial charge in [-0.15, -0.1) is 0 Å². The molecule has 1 aromatic rings. The second-order valence-corrected chi connectivity index (χ2v) is 6.26. The number of rotatable bonds is 7. The van der Waals surface area contributed by atoms with E-state index < -0.39 is 23.9 Å². The fraction of sp³-hybridized carbons (Fsp3) is 0.529. The lowest BCUT2D eigenvalue weighted by Crippen LogP contribution is -2.51. The lowest BCUT2D eigenvalue weighted by Gasteiger charge is -2.23. The van der Waals surface area contributed by atoms with Gasteiger partial charge in [0.05, 0.1) is 6.10 Å². The first-order chi connectivity index (χ1) is 10.7. The number of hydrogen-bond donors (Lipinski definition) is 3. The number of carbonyl (C=O) groups excluding carboxylic acids is 2. The Labute approximate surface area is 136 Å². The van der Waals surface area contributed by atoms with Gasteiger partial charge in [0, 0.05) is 12.1 Å². The van der Waals surface area contributed by atoms with Crippen LogP contribution in [0.3, 0.4) is 0 Å². The molecule has 128 valence electrons. The van der Waals surface area contributed by atoms with Crippen LogP contribution in [0, 0.1) is 17.7 Å². The van der Waals surface area contributed by atoms with Crippen LogP contribution in [-0.2, 0) is 4.79 Å². The summed E-state index contributed by atoms with van der Waals surface area (Å²) in [4.78, 5) is 24.4. The third kappa shape index (κ3) is 5.98. The smallest absolute Gasteiger partial charge is 0.251 e. The van der Waals surface area contributed by atoms with Crippen molar-refractivity contribution in [2.24, 2.45) is 11.8 Å². The van der Waals surface area contributed by atoms with E-state index in [9.17, 15) is 19.1 Å². The molecule has 0 spiro atoms. The van der Waals surface area contributed by atoms with Gasteiger partial charge in [-0.05, 0) is 36.1 Å². The van der Waals surface area contributed by atoms with E-state index in [2.05, 4.69) is 10.6 Å². The minimum absolute atomic E-state index is 0.0293. The summed E-state index contributed by atoms with van der Waals surface area (Å²) in [6.07, 6.45) is -0.639. The first-order valence-electron chi connectivity index (χ1n) is 7.74. The molecule has 0 aromatic heterocycles. The highest BCUT2D eigenvalue weighted by Crippen LogP contribution is 2.07. The highest BCUT2D eigenvalue weighted by atomic mass is 19.1. The molecule has 0 heterocycles. The summed E-state index contributed by atoms with van der Waals surface area (Å²) in [5, 5.41) is 15.0. The standard InChI is InChI=1S/C17H25FN2O3/c1-10(2)14(21)9-19-17(23)15(11(3)4)20-16(22)12-5-7-13(18)8-6-12/h5-8,10-11,14-15,21H,9H2,1-4H3,(H,19,23)(H,20,22). The van der Waals surface area contributed by atoms with Crippen LogP contribution in [0.4, 0.5) is 4.39 Å². The zero-order valence-electron chi connectivity index (χ0n) is 14.0. The van der Waals surface area contributed by atoms with Gasteiger partial charge in [-0.1, -0.05) is 27.7 Å². The lowest BCUT2D eigenvalue weighted by atomic mass is 10.0. The van der Waals surface area contributed by atoms with Crippen LogP contribution in [0.15, 0.2) is 24.3 Å². The van der Waals surface area contributed by atoms with E-state index in [1.807, 2.05) is 27.7 Å². The highest BCUT2D eigenvalue weighted by molar-refractivity contribution is 5.97. The van der Waals surface area contributed by atoms with Gasteiger partial charge in [-0.2, -0.15) is 0 Å². The Bertz CT molecular complexity index is 529. The van der Waals surface area contributed by atoms with Crippen LogP contribution >= 0.6 is 0 Å². The van der Waals surface area contributed by atoms with Crippen molar-refractivity contribution in [3.8, 4) is 0 Å². The van der Waals surface area contributed by atoms with Gasteiger partial charge in [0.25, 0.3) is 5.91 Å². The van der Waals surface area contributed by atoms with Crippen LogP contribution < -0.4 is 10.6 Å². The average molecular weight is 324 g/mol. The van der Waals surface area contributed by atoms with E-state index in [-0.39, 0.29) is 29.9 Å². The molecule has 6 heteroatoms. The summed E-state index contributed by atoms with van der Waals surface area (Å²) in [6, 6.07) is 4.38. The molecule has 5 nitrogen and oxygen atoms in total. The Hall–Kier alpha value is -1.95. The quantitative estimate of drug-likeness (QED) is 0.714. The topological polar surface area (TPSA) is 78.4 Å². The van der Waals surface area contributed by atoms with Gasteiger partial charge >= 0.3 is 0 Å². The van der Waals surface area contributed by atoms with Gasteiger partial charge < -0.3 is 15.7 Å². The average Bonchev–Trinajstić information content (AvgIpc) is 2.49. The van der Waals surface area contributed by atoms with Crippen LogP contribution in [-0.4, -0.2) is 35.6 Å². The molecule has 0 aliphatic heterocycles. The number of nitrogens with one attached hydrogen (secondary N) is 2.